The molecule has 1 aliphatic rings. The molecule has 4 heterocycles. The number of nitrogens with one attached hydrogen (secondary N) is 1. The molecule has 0 radical (unpaired) electrons. The summed E-state index contributed by atoms with van der Waals surface area (Å²) in [6.07, 6.45) is 8.44. The van der Waals surface area contributed by atoms with Crippen molar-refractivity contribution in [3.63, 3.8) is 0 Å². The molecule has 4 aromatic heterocycles. The van der Waals surface area contributed by atoms with Gasteiger partial charge in [-0.15, -0.1) is 0 Å². The summed E-state index contributed by atoms with van der Waals surface area (Å²) < 4.78 is 27.9. The van der Waals surface area contributed by atoms with Gasteiger partial charge in [0.05, 0.1) is 34.9 Å². The Kier molecular flexibility index (Phi) is 6.01. The molecule has 184 valence electrons. The van der Waals surface area contributed by atoms with Crippen molar-refractivity contribution in [3.05, 3.63) is 42.7 Å². The van der Waals surface area contributed by atoms with E-state index in [9.17, 15) is 13.5 Å². The summed E-state index contributed by atoms with van der Waals surface area (Å²) in [7, 11) is -3.45. The average molecular weight is 497 g/mol. The van der Waals surface area contributed by atoms with E-state index in [1.54, 1.807) is 18.5 Å². The first-order chi connectivity index (χ1) is 16.8. The van der Waals surface area contributed by atoms with Crippen molar-refractivity contribution < 1.29 is 13.5 Å². The molecule has 0 amide bonds. The molecule has 1 saturated carbocycles. The van der Waals surface area contributed by atoms with Gasteiger partial charge in [-0.25, -0.2) is 28.4 Å². The topological polar surface area (TPSA) is 141 Å². The quantitative estimate of drug-likeness (QED) is 0.357. The van der Waals surface area contributed by atoms with Crippen LogP contribution >= 0.6 is 0 Å². The van der Waals surface area contributed by atoms with Gasteiger partial charge in [-0.05, 0) is 38.2 Å². The van der Waals surface area contributed by atoms with Crippen LogP contribution in [0, 0.1) is 5.92 Å². The third-order valence-electron chi connectivity index (χ3n) is 5.98. The molecule has 11 nitrogen and oxygen atoms in total. The van der Waals surface area contributed by atoms with Crippen LogP contribution in [0.1, 0.15) is 51.9 Å². The van der Waals surface area contributed by atoms with Crippen LogP contribution in [0.2, 0.25) is 0 Å². The molecule has 1 unspecified atom stereocenters. The molecule has 1 atom stereocenters. The van der Waals surface area contributed by atoms with Crippen LogP contribution in [0.5, 0.6) is 0 Å². The maximum absolute atomic E-state index is 12.4. The van der Waals surface area contributed by atoms with E-state index in [0.29, 0.717) is 53.1 Å². The molecule has 2 N–H and O–H groups in total. The van der Waals surface area contributed by atoms with Crippen molar-refractivity contribution in [3.8, 4) is 11.4 Å². The highest BCUT2D eigenvalue weighted by Gasteiger charge is 2.37. The van der Waals surface area contributed by atoms with Gasteiger partial charge in [-0.3, -0.25) is 0 Å². The van der Waals surface area contributed by atoms with E-state index in [4.69, 9.17) is 0 Å². The van der Waals surface area contributed by atoms with Crippen LogP contribution < -0.4 is 5.32 Å². The number of hydrogen-bond donors (Lipinski definition) is 2. The number of fused-ring (bicyclic) bond motifs is 1. The van der Waals surface area contributed by atoms with E-state index in [2.05, 4.69) is 55.7 Å². The molecule has 4 aromatic rings. The van der Waals surface area contributed by atoms with Gasteiger partial charge in [-0.1, -0.05) is 13.8 Å². The lowest BCUT2D eigenvalue weighted by molar-refractivity contribution is 0.259. The number of aromatic nitrogens is 7. The molecule has 12 heteroatoms. The van der Waals surface area contributed by atoms with E-state index < -0.39 is 10.0 Å². The standard InChI is InChI=1S/C23H28N8O3S/c1-14(2)8-15(3)31-19-9-21(25-11-18(19)27-22(31)13-32)28-20-6-7-24-23(29-20)16-10-26-30(12-16)35(33,34)17-4-5-17/h6-7,9-12,14-15,17,32H,4-5,8,13H2,1-3H3,(H,24,25,28,29). The predicted octanol–water partition coefficient (Wildman–Crippen LogP) is 3.27. The molecule has 0 aromatic carbocycles. The highest BCUT2D eigenvalue weighted by atomic mass is 32.2. The lowest BCUT2D eigenvalue weighted by Crippen LogP contribution is -2.17. The zero-order valence-corrected chi connectivity index (χ0v) is 20.6. The molecule has 1 fully saturated rings. The average Bonchev–Trinajstić information content (AvgIpc) is 3.45. The van der Waals surface area contributed by atoms with Crippen molar-refractivity contribution in [1.29, 1.82) is 0 Å². The third kappa shape index (κ3) is 4.63. The van der Waals surface area contributed by atoms with Crippen molar-refractivity contribution in [1.82, 2.24) is 33.7 Å². The fourth-order valence-corrected chi connectivity index (χ4v) is 5.76. The number of rotatable bonds is 9. The van der Waals surface area contributed by atoms with Gasteiger partial charge in [0.15, 0.2) is 5.82 Å². The van der Waals surface area contributed by atoms with Gasteiger partial charge in [0.1, 0.15) is 29.6 Å². The van der Waals surface area contributed by atoms with Crippen LogP contribution in [-0.2, 0) is 16.6 Å². The van der Waals surface area contributed by atoms with Crippen LogP contribution in [0.25, 0.3) is 22.4 Å². The largest absolute Gasteiger partial charge is 0.388 e. The number of aliphatic hydroxyl groups excluding tert-OH is 1. The summed E-state index contributed by atoms with van der Waals surface area (Å²) in [5.74, 6) is 2.53. The van der Waals surface area contributed by atoms with Crippen molar-refractivity contribution in [2.24, 2.45) is 5.92 Å². The maximum atomic E-state index is 12.4. The minimum Gasteiger partial charge on any atom is -0.388 e. The molecule has 5 rings (SSSR count). The first-order valence-corrected chi connectivity index (χ1v) is 13.1. The molecule has 0 saturated heterocycles. The normalized spacial score (nSPS) is 15.1. The fraction of sp³-hybridized carbons (Fsp3) is 0.435. The summed E-state index contributed by atoms with van der Waals surface area (Å²) in [6.45, 7) is 6.30. The zero-order valence-electron chi connectivity index (χ0n) is 19.8. The maximum Gasteiger partial charge on any atom is 0.256 e. The summed E-state index contributed by atoms with van der Waals surface area (Å²) in [6, 6.07) is 3.75. The monoisotopic (exact) mass is 496 g/mol. The van der Waals surface area contributed by atoms with Crippen molar-refractivity contribution in [2.45, 2.75) is 57.9 Å². The van der Waals surface area contributed by atoms with Gasteiger partial charge >= 0.3 is 0 Å². The highest BCUT2D eigenvalue weighted by molar-refractivity contribution is 7.90. The Morgan fingerprint density at radius 1 is 1.14 bits per heavy atom. The lowest BCUT2D eigenvalue weighted by atomic mass is 10.0. The fourth-order valence-electron chi connectivity index (χ4n) is 4.28. The number of hydrogen-bond acceptors (Lipinski definition) is 9. The Morgan fingerprint density at radius 3 is 2.66 bits per heavy atom. The lowest BCUT2D eigenvalue weighted by Gasteiger charge is -2.19. The van der Waals surface area contributed by atoms with E-state index >= 15 is 0 Å². The first-order valence-electron chi connectivity index (χ1n) is 11.6. The van der Waals surface area contributed by atoms with Crippen LogP contribution in [0.15, 0.2) is 36.9 Å². The van der Waals surface area contributed by atoms with E-state index in [1.807, 2.05) is 6.07 Å². The van der Waals surface area contributed by atoms with Gasteiger partial charge in [0.2, 0.25) is 0 Å². The third-order valence-corrected chi connectivity index (χ3v) is 8.02. The smallest absolute Gasteiger partial charge is 0.256 e. The summed E-state index contributed by atoms with van der Waals surface area (Å²) in [4.78, 5) is 17.8. The SMILES string of the molecule is CC(C)CC(C)n1c(CO)nc2cnc(Nc3ccnc(-c4cnn(S(=O)(=O)C5CC5)c4)n3)cc21. The number of imidazole rings is 1. The Bertz CT molecular complexity index is 1470. The Labute approximate surface area is 203 Å². The molecule has 0 bridgehead atoms. The number of aliphatic hydroxyl groups is 1. The van der Waals surface area contributed by atoms with Gasteiger partial charge < -0.3 is 15.0 Å². The van der Waals surface area contributed by atoms with Crippen LogP contribution in [0.3, 0.4) is 0 Å². The number of pyridine rings is 1. The molecule has 0 spiro atoms. The zero-order chi connectivity index (χ0) is 24.7. The molecular weight excluding hydrogens is 468 g/mol. The molecule has 1 aliphatic carbocycles. The Morgan fingerprint density at radius 2 is 1.94 bits per heavy atom. The Hall–Kier alpha value is -3.38. The summed E-state index contributed by atoms with van der Waals surface area (Å²) in [5, 5.41) is 16.7. The van der Waals surface area contributed by atoms with E-state index in [0.717, 1.165) is 16.0 Å². The second-order valence-electron chi connectivity index (χ2n) is 9.33. The van der Waals surface area contributed by atoms with Crippen molar-refractivity contribution in [2.75, 3.05) is 5.32 Å². The number of nitrogens with zero attached hydrogens (tertiary/aromatic N) is 7. The van der Waals surface area contributed by atoms with Gasteiger partial charge in [0, 0.05) is 18.3 Å². The summed E-state index contributed by atoms with van der Waals surface area (Å²) >= 11 is 0. The van der Waals surface area contributed by atoms with E-state index in [-0.39, 0.29) is 17.9 Å². The minimum atomic E-state index is -3.45. The molecule has 35 heavy (non-hydrogen) atoms. The van der Waals surface area contributed by atoms with Gasteiger partial charge in [0.25, 0.3) is 10.0 Å². The first kappa shape index (κ1) is 23.4. The minimum absolute atomic E-state index is 0.153. The van der Waals surface area contributed by atoms with Crippen LogP contribution in [-0.4, -0.2) is 52.5 Å². The molecule has 0 aliphatic heterocycles. The second-order valence-corrected chi connectivity index (χ2v) is 11.4. The van der Waals surface area contributed by atoms with E-state index in [1.165, 1.54) is 12.4 Å². The van der Waals surface area contributed by atoms with Crippen molar-refractivity contribution >= 4 is 32.7 Å². The summed E-state index contributed by atoms with van der Waals surface area (Å²) in [5.41, 5.74) is 2.10. The second kappa shape index (κ2) is 9.00. The van der Waals surface area contributed by atoms with Crippen LogP contribution in [0.4, 0.5) is 11.6 Å². The number of anilines is 2. The molecular formula is C23H28N8O3S. The Balaban J connectivity index is 1.43. The predicted molar refractivity (Wildman–Crippen MR) is 131 cm³/mol. The van der Waals surface area contributed by atoms with Gasteiger partial charge in [-0.2, -0.15) is 9.19 Å². The highest BCUT2D eigenvalue weighted by Crippen LogP contribution is 2.31.